The largest absolute Gasteiger partial charge is 0.426 e. The predicted molar refractivity (Wildman–Crippen MR) is 122 cm³/mol. The first kappa shape index (κ1) is 20.3. The fourth-order valence-corrected chi connectivity index (χ4v) is 6.87. The highest BCUT2D eigenvalue weighted by Crippen LogP contribution is 2.52. The molecule has 32 heavy (non-hydrogen) atoms. The van der Waals surface area contributed by atoms with Gasteiger partial charge in [0, 0.05) is 0 Å². The second kappa shape index (κ2) is 7.60. The van der Waals surface area contributed by atoms with Crippen molar-refractivity contribution >= 4 is 22.7 Å². The molecule has 6 aliphatic rings. The number of benzene rings is 2. The molecule has 2 aromatic rings. The molecule has 2 aromatic carbocycles. The Labute approximate surface area is 189 Å². The minimum absolute atomic E-state index is 0.0537. The molecule has 0 heterocycles. The van der Waals surface area contributed by atoms with Gasteiger partial charge in [0.1, 0.15) is 11.5 Å². The van der Waals surface area contributed by atoms with E-state index in [2.05, 4.69) is 0 Å². The molecule has 8 rings (SSSR count). The van der Waals surface area contributed by atoms with E-state index >= 15 is 0 Å². The molecule has 0 atom stereocenters. The standard InChI is InChI=1S/C28H32O4/c29-25(27-11-5-19(6-12-27)7-13-27)31-23-3-1-21-17-24(4-2-22(21)18-23)32-26(30)28-14-8-20(9-15-28)10-16-28/h1-4,17-20H,5-16H2. The van der Waals surface area contributed by atoms with E-state index in [4.69, 9.17) is 9.47 Å². The molecule has 0 aromatic heterocycles. The summed E-state index contributed by atoms with van der Waals surface area (Å²) in [6.07, 6.45) is 12.8. The van der Waals surface area contributed by atoms with Gasteiger partial charge in [0.25, 0.3) is 0 Å². The zero-order chi connectivity index (χ0) is 21.8. The molecule has 0 amide bonds. The molecule has 0 aliphatic heterocycles. The highest BCUT2D eigenvalue weighted by Gasteiger charge is 2.48. The zero-order valence-corrected chi connectivity index (χ0v) is 18.7. The normalized spacial score (nSPS) is 33.2. The summed E-state index contributed by atoms with van der Waals surface area (Å²) in [6.45, 7) is 0. The SMILES string of the molecule is O=C(Oc1ccc2cc(OC(=O)C34CCC(CC3)CC4)ccc2c1)C12CCC(CC1)CC2. The first-order chi connectivity index (χ1) is 15.5. The summed E-state index contributed by atoms with van der Waals surface area (Å²) in [4.78, 5) is 26.0. The van der Waals surface area contributed by atoms with Crippen LogP contribution in [0.2, 0.25) is 0 Å². The summed E-state index contributed by atoms with van der Waals surface area (Å²) >= 11 is 0. The molecule has 4 heteroatoms. The summed E-state index contributed by atoms with van der Waals surface area (Å²) in [7, 11) is 0. The van der Waals surface area contributed by atoms with Crippen LogP contribution < -0.4 is 9.47 Å². The van der Waals surface area contributed by atoms with Crippen molar-refractivity contribution in [1.29, 1.82) is 0 Å². The van der Waals surface area contributed by atoms with E-state index in [0.29, 0.717) is 11.5 Å². The van der Waals surface area contributed by atoms with Gasteiger partial charge < -0.3 is 9.47 Å². The summed E-state index contributed by atoms with van der Waals surface area (Å²) in [5.41, 5.74) is -0.529. The number of rotatable bonds is 4. The van der Waals surface area contributed by atoms with E-state index in [1.807, 2.05) is 36.4 Å². The van der Waals surface area contributed by atoms with E-state index in [1.165, 1.54) is 0 Å². The Bertz CT molecular complexity index is 941. The minimum atomic E-state index is -0.264. The summed E-state index contributed by atoms with van der Waals surface area (Å²) in [5, 5.41) is 1.97. The van der Waals surface area contributed by atoms with E-state index in [1.54, 1.807) is 0 Å². The fraction of sp³-hybridized carbons (Fsp3) is 0.571. The van der Waals surface area contributed by atoms with Crippen molar-refractivity contribution in [3.8, 4) is 11.5 Å². The second-order valence-electron chi connectivity index (χ2n) is 11.0. The van der Waals surface area contributed by atoms with Crippen molar-refractivity contribution in [2.24, 2.45) is 22.7 Å². The molecular weight excluding hydrogens is 400 g/mol. The van der Waals surface area contributed by atoms with Crippen molar-refractivity contribution < 1.29 is 19.1 Å². The number of carbonyl (C=O) groups excluding carboxylic acids is 2. The van der Waals surface area contributed by atoms with Crippen LogP contribution in [-0.2, 0) is 9.59 Å². The lowest BCUT2D eigenvalue weighted by Crippen LogP contribution is -2.42. The molecule has 0 spiro atoms. The maximum absolute atomic E-state index is 13.0. The molecule has 0 saturated heterocycles. The second-order valence-corrected chi connectivity index (χ2v) is 11.0. The minimum Gasteiger partial charge on any atom is -0.426 e. The van der Waals surface area contributed by atoms with Crippen molar-refractivity contribution in [2.45, 2.75) is 77.0 Å². The average Bonchev–Trinajstić information content (AvgIpc) is 2.86. The Balaban J connectivity index is 1.16. The van der Waals surface area contributed by atoms with Gasteiger partial charge >= 0.3 is 11.9 Å². The van der Waals surface area contributed by atoms with Gasteiger partial charge in [-0.05, 0) is 124 Å². The van der Waals surface area contributed by atoms with Crippen LogP contribution in [-0.4, -0.2) is 11.9 Å². The number of fused-ring (bicyclic) bond motifs is 7. The number of ether oxygens (including phenoxy) is 2. The van der Waals surface area contributed by atoms with Crippen LogP contribution in [0.3, 0.4) is 0 Å². The van der Waals surface area contributed by atoms with Gasteiger partial charge in [-0.3, -0.25) is 9.59 Å². The first-order valence-electron chi connectivity index (χ1n) is 12.5. The Morgan fingerprint density at radius 2 is 0.938 bits per heavy atom. The average molecular weight is 433 g/mol. The summed E-state index contributed by atoms with van der Waals surface area (Å²) in [6, 6.07) is 11.5. The molecule has 6 aliphatic carbocycles. The monoisotopic (exact) mass is 432 g/mol. The van der Waals surface area contributed by atoms with Gasteiger partial charge in [0.15, 0.2) is 0 Å². The molecule has 168 valence electrons. The highest BCUT2D eigenvalue weighted by atomic mass is 16.5. The lowest BCUT2D eigenvalue weighted by atomic mass is 9.61. The highest BCUT2D eigenvalue weighted by molar-refractivity contribution is 5.88. The Morgan fingerprint density at radius 3 is 1.28 bits per heavy atom. The van der Waals surface area contributed by atoms with Crippen LogP contribution in [0.1, 0.15) is 77.0 Å². The maximum Gasteiger partial charge on any atom is 0.317 e. The van der Waals surface area contributed by atoms with Gasteiger partial charge in [-0.15, -0.1) is 0 Å². The van der Waals surface area contributed by atoms with Gasteiger partial charge in [0.2, 0.25) is 0 Å². The van der Waals surface area contributed by atoms with E-state index in [0.717, 1.165) is 99.7 Å². The molecule has 0 radical (unpaired) electrons. The van der Waals surface area contributed by atoms with Crippen LogP contribution in [0.15, 0.2) is 36.4 Å². The molecule has 6 fully saturated rings. The predicted octanol–water partition coefficient (Wildman–Crippen LogP) is 6.59. The van der Waals surface area contributed by atoms with E-state index < -0.39 is 0 Å². The van der Waals surface area contributed by atoms with Crippen molar-refractivity contribution in [2.75, 3.05) is 0 Å². The van der Waals surface area contributed by atoms with Crippen molar-refractivity contribution in [3.63, 3.8) is 0 Å². The summed E-state index contributed by atoms with van der Waals surface area (Å²) < 4.78 is 11.7. The van der Waals surface area contributed by atoms with Crippen molar-refractivity contribution in [3.05, 3.63) is 36.4 Å². The molecule has 4 bridgehead atoms. The lowest BCUT2D eigenvalue weighted by Gasteiger charge is -2.44. The van der Waals surface area contributed by atoms with Crippen LogP contribution in [0.5, 0.6) is 11.5 Å². The third-order valence-corrected chi connectivity index (χ3v) is 9.26. The molecule has 6 saturated carbocycles. The van der Waals surface area contributed by atoms with Crippen LogP contribution >= 0.6 is 0 Å². The number of hydrogen-bond donors (Lipinski definition) is 0. The van der Waals surface area contributed by atoms with Crippen LogP contribution in [0.25, 0.3) is 10.8 Å². The Hall–Kier alpha value is -2.36. The molecule has 0 unspecified atom stereocenters. The van der Waals surface area contributed by atoms with E-state index in [-0.39, 0.29) is 22.8 Å². The third kappa shape index (κ3) is 3.43. The fourth-order valence-electron chi connectivity index (χ4n) is 6.87. The van der Waals surface area contributed by atoms with Crippen molar-refractivity contribution in [1.82, 2.24) is 0 Å². The van der Waals surface area contributed by atoms with Crippen LogP contribution in [0, 0.1) is 22.7 Å². The van der Waals surface area contributed by atoms with Gasteiger partial charge in [-0.25, -0.2) is 0 Å². The smallest absolute Gasteiger partial charge is 0.317 e. The number of hydrogen-bond acceptors (Lipinski definition) is 4. The quantitative estimate of drug-likeness (QED) is 0.404. The summed E-state index contributed by atoms with van der Waals surface area (Å²) in [5.74, 6) is 2.74. The molecular formula is C28H32O4. The Morgan fingerprint density at radius 1 is 0.594 bits per heavy atom. The Kier molecular flexibility index (Phi) is 4.81. The van der Waals surface area contributed by atoms with E-state index in [9.17, 15) is 9.59 Å². The van der Waals surface area contributed by atoms with Gasteiger partial charge in [-0.2, -0.15) is 0 Å². The third-order valence-electron chi connectivity index (χ3n) is 9.26. The zero-order valence-electron chi connectivity index (χ0n) is 18.7. The topological polar surface area (TPSA) is 52.6 Å². The first-order valence-corrected chi connectivity index (χ1v) is 12.5. The maximum atomic E-state index is 13.0. The number of carbonyl (C=O) groups is 2. The van der Waals surface area contributed by atoms with Gasteiger partial charge in [0.05, 0.1) is 10.8 Å². The number of esters is 2. The molecule has 4 nitrogen and oxygen atoms in total. The molecule has 0 N–H and O–H groups in total. The lowest BCUT2D eigenvalue weighted by molar-refractivity contribution is -0.153. The van der Waals surface area contributed by atoms with Gasteiger partial charge in [-0.1, -0.05) is 12.1 Å². The van der Waals surface area contributed by atoms with Crippen LogP contribution in [0.4, 0.5) is 0 Å².